The minimum absolute atomic E-state index is 0.137. The first kappa shape index (κ1) is 23.6. The van der Waals surface area contributed by atoms with Crippen molar-refractivity contribution in [3.63, 3.8) is 0 Å². The van der Waals surface area contributed by atoms with E-state index in [0.29, 0.717) is 23.4 Å². The van der Waals surface area contributed by atoms with Gasteiger partial charge in [-0.05, 0) is 61.7 Å². The molecule has 1 fully saturated rings. The molecule has 5 nitrogen and oxygen atoms in total. The monoisotopic (exact) mass is 474 g/mol. The van der Waals surface area contributed by atoms with Gasteiger partial charge >= 0.3 is 6.18 Å². The van der Waals surface area contributed by atoms with E-state index in [0.717, 1.165) is 12.1 Å². The highest BCUT2D eigenvalue weighted by Gasteiger charge is 2.33. The number of nitrogens with one attached hydrogen (secondary N) is 1. The van der Waals surface area contributed by atoms with E-state index in [-0.39, 0.29) is 23.9 Å². The summed E-state index contributed by atoms with van der Waals surface area (Å²) in [5.41, 5.74) is -0.419. The summed E-state index contributed by atoms with van der Waals surface area (Å²) in [6.07, 6.45) is -3.80. The number of halogens is 4. The van der Waals surface area contributed by atoms with E-state index in [1.165, 1.54) is 40.7 Å². The Hall–Kier alpha value is -2.10. The van der Waals surface area contributed by atoms with Crippen molar-refractivity contribution >= 4 is 27.5 Å². The van der Waals surface area contributed by atoms with Gasteiger partial charge in [0.2, 0.25) is 15.9 Å². The molecule has 10 heteroatoms. The van der Waals surface area contributed by atoms with Gasteiger partial charge in [0.25, 0.3) is 0 Å². The molecule has 3 rings (SSSR count). The molecule has 2 aromatic carbocycles. The van der Waals surface area contributed by atoms with Crippen LogP contribution in [0.3, 0.4) is 0 Å². The molecule has 1 amide bonds. The topological polar surface area (TPSA) is 66.5 Å². The molecule has 1 saturated heterocycles. The van der Waals surface area contributed by atoms with Crippen LogP contribution in [0, 0.1) is 5.92 Å². The smallest absolute Gasteiger partial charge is 0.349 e. The average Bonchev–Trinajstić information content (AvgIpc) is 2.73. The van der Waals surface area contributed by atoms with Crippen LogP contribution < -0.4 is 5.32 Å². The second-order valence-corrected chi connectivity index (χ2v) is 9.86. The van der Waals surface area contributed by atoms with Gasteiger partial charge in [-0.1, -0.05) is 23.7 Å². The van der Waals surface area contributed by atoms with E-state index < -0.39 is 33.7 Å². The summed E-state index contributed by atoms with van der Waals surface area (Å²) in [6.45, 7) is 1.98. The Labute approximate surface area is 184 Å². The molecule has 1 unspecified atom stereocenters. The summed E-state index contributed by atoms with van der Waals surface area (Å²) in [6, 6.07) is 10.1. The van der Waals surface area contributed by atoms with Crippen LogP contribution in [0.25, 0.3) is 0 Å². The molecule has 2 aromatic rings. The second-order valence-electron chi connectivity index (χ2n) is 7.49. The molecule has 168 valence electrons. The fourth-order valence-corrected chi connectivity index (χ4v) is 5.11. The third kappa shape index (κ3) is 5.58. The zero-order chi connectivity index (χ0) is 22.8. The number of benzene rings is 2. The molecule has 31 heavy (non-hydrogen) atoms. The minimum Gasteiger partial charge on any atom is -0.349 e. The highest BCUT2D eigenvalue weighted by Crippen LogP contribution is 2.31. The SMILES string of the molecule is CC(NC(=O)C1CCN(S(=O)(=O)c2ccc(Cl)cc2)CC1)c1cccc(C(F)(F)F)c1. The number of carbonyl (C=O) groups is 1. The standard InChI is InChI=1S/C21H22ClF3N2O3S/c1-14(16-3-2-4-17(13-16)21(23,24)25)26-20(28)15-9-11-27(12-10-15)31(29,30)19-7-5-18(22)6-8-19/h2-8,13-15H,9-12H2,1H3,(H,26,28). The zero-order valence-corrected chi connectivity index (χ0v) is 18.3. The fourth-order valence-electron chi connectivity index (χ4n) is 3.51. The molecular weight excluding hydrogens is 453 g/mol. The summed E-state index contributed by atoms with van der Waals surface area (Å²) in [5.74, 6) is -0.710. The second kappa shape index (κ2) is 9.18. The van der Waals surface area contributed by atoms with Gasteiger partial charge in [-0.2, -0.15) is 17.5 Å². The quantitative estimate of drug-likeness (QED) is 0.686. The first-order valence-corrected chi connectivity index (χ1v) is 11.5. The van der Waals surface area contributed by atoms with Gasteiger partial charge < -0.3 is 5.32 Å². The van der Waals surface area contributed by atoms with Crippen molar-refractivity contribution in [2.75, 3.05) is 13.1 Å². The van der Waals surface area contributed by atoms with Crippen molar-refractivity contribution in [2.24, 2.45) is 5.92 Å². The van der Waals surface area contributed by atoms with Gasteiger partial charge in [-0.25, -0.2) is 8.42 Å². The van der Waals surface area contributed by atoms with Crippen molar-refractivity contribution < 1.29 is 26.4 Å². The molecule has 1 N–H and O–H groups in total. The number of piperidine rings is 1. The van der Waals surface area contributed by atoms with Gasteiger partial charge in [-0.15, -0.1) is 0 Å². The molecule has 0 aromatic heterocycles. The molecule has 0 bridgehead atoms. The Bertz CT molecular complexity index is 1030. The van der Waals surface area contributed by atoms with Crippen LogP contribution in [-0.2, 0) is 21.0 Å². The van der Waals surface area contributed by atoms with Crippen LogP contribution in [0.15, 0.2) is 53.4 Å². The highest BCUT2D eigenvalue weighted by molar-refractivity contribution is 7.89. The number of rotatable bonds is 5. The predicted octanol–water partition coefficient (Wildman–Crippen LogP) is 4.64. The van der Waals surface area contributed by atoms with E-state index in [4.69, 9.17) is 11.6 Å². The largest absolute Gasteiger partial charge is 0.416 e. The molecular formula is C21H22ClF3N2O3S. The predicted molar refractivity (Wildman–Crippen MR) is 111 cm³/mol. The van der Waals surface area contributed by atoms with Gasteiger partial charge in [0, 0.05) is 24.0 Å². The Morgan fingerprint density at radius 3 is 2.32 bits per heavy atom. The van der Waals surface area contributed by atoms with Crippen molar-refractivity contribution in [2.45, 2.75) is 36.9 Å². The van der Waals surface area contributed by atoms with Gasteiger partial charge in [0.15, 0.2) is 0 Å². The lowest BCUT2D eigenvalue weighted by Crippen LogP contribution is -2.43. The lowest BCUT2D eigenvalue weighted by molar-refractivity contribution is -0.137. The number of alkyl halides is 3. The van der Waals surface area contributed by atoms with Gasteiger partial charge in [-0.3, -0.25) is 4.79 Å². The Balaban J connectivity index is 1.60. The maximum Gasteiger partial charge on any atom is 0.416 e. The van der Waals surface area contributed by atoms with Crippen LogP contribution in [-0.4, -0.2) is 31.7 Å². The Kier molecular flexibility index (Phi) is 6.98. The number of amides is 1. The number of nitrogens with zero attached hydrogens (tertiary/aromatic N) is 1. The maximum atomic E-state index is 12.9. The normalized spacial score (nSPS) is 17.3. The number of hydrogen-bond acceptors (Lipinski definition) is 3. The van der Waals surface area contributed by atoms with Crippen LogP contribution in [0.1, 0.15) is 36.9 Å². The number of sulfonamides is 1. The van der Waals surface area contributed by atoms with E-state index in [9.17, 15) is 26.4 Å². The van der Waals surface area contributed by atoms with Gasteiger partial charge in [0.05, 0.1) is 16.5 Å². The lowest BCUT2D eigenvalue weighted by atomic mass is 9.96. The van der Waals surface area contributed by atoms with E-state index >= 15 is 0 Å². The van der Waals surface area contributed by atoms with Crippen molar-refractivity contribution in [3.8, 4) is 0 Å². The Morgan fingerprint density at radius 1 is 1.13 bits per heavy atom. The first-order valence-electron chi connectivity index (χ1n) is 9.72. The molecule has 1 heterocycles. The van der Waals surface area contributed by atoms with Crippen molar-refractivity contribution in [1.29, 1.82) is 0 Å². The van der Waals surface area contributed by atoms with E-state index in [1.807, 2.05) is 0 Å². The first-order chi connectivity index (χ1) is 14.5. The van der Waals surface area contributed by atoms with Crippen molar-refractivity contribution in [3.05, 3.63) is 64.7 Å². The molecule has 0 aliphatic carbocycles. The molecule has 1 aliphatic heterocycles. The van der Waals surface area contributed by atoms with Gasteiger partial charge in [0.1, 0.15) is 0 Å². The van der Waals surface area contributed by atoms with Crippen LogP contribution in [0.5, 0.6) is 0 Å². The number of hydrogen-bond donors (Lipinski definition) is 1. The zero-order valence-electron chi connectivity index (χ0n) is 16.7. The highest BCUT2D eigenvalue weighted by atomic mass is 35.5. The summed E-state index contributed by atoms with van der Waals surface area (Å²) >= 11 is 5.81. The van der Waals surface area contributed by atoms with E-state index in [2.05, 4.69) is 5.32 Å². The third-order valence-corrected chi connectivity index (χ3v) is 7.51. The summed E-state index contributed by atoms with van der Waals surface area (Å²) in [5, 5.41) is 3.18. The molecule has 0 spiro atoms. The van der Waals surface area contributed by atoms with Crippen LogP contribution in [0.4, 0.5) is 13.2 Å². The van der Waals surface area contributed by atoms with Crippen molar-refractivity contribution in [1.82, 2.24) is 9.62 Å². The Morgan fingerprint density at radius 2 is 1.74 bits per heavy atom. The summed E-state index contributed by atoms with van der Waals surface area (Å²) in [7, 11) is -3.68. The fraction of sp³-hybridized carbons (Fsp3) is 0.381. The molecule has 1 atom stereocenters. The molecule has 0 radical (unpaired) electrons. The molecule has 1 aliphatic rings. The van der Waals surface area contributed by atoms with Crippen LogP contribution in [0.2, 0.25) is 5.02 Å². The lowest BCUT2D eigenvalue weighted by Gasteiger charge is -2.31. The third-order valence-electron chi connectivity index (χ3n) is 5.35. The molecule has 0 saturated carbocycles. The summed E-state index contributed by atoms with van der Waals surface area (Å²) < 4.78 is 65.5. The maximum absolute atomic E-state index is 12.9. The number of carbonyl (C=O) groups excluding carboxylic acids is 1. The van der Waals surface area contributed by atoms with E-state index in [1.54, 1.807) is 6.92 Å². The summed E-state index contributed by atoms with van der Waals surface area (Å²) in [4.78, 5) is 12.7. The van der Waals surface area contributed by atoms with Crippen LogP contribution >= 0.6 is 11.6 Å². The average molecular weight is 475 g/mol. The minimum atomic E-state index is -4.46.